The van der Waals surface area contributed by atoms with Gasteiger partial charge in [0.05, 0.1) is 12.5 Å². The Balaban J connectivity index is 2.26. The minimum atomic E-state index is -1.05. The van der Waals surface area contributed by atoms with Gasteiger partial charge in [-0.2, -0.15) is 0 Å². The van der Waals surface area contributed by atoms with E-state index in [0.29, 0.717) is 0 Å². The molecule has 0 saturated carbocycles. The molecule has 0 aliphatic heterocycles. The Morgan fingerprint density at radius 1 is 1.05 bits per heavy atom. The minimum absolute atomic E-state index is 0.0596. The van der Waals surface area contributed by atoms with Gasteiger partial charge >= 0.3 is 5.97 Å². The molecule has 2 rings (SSSR count). The Morgan fingerprint density at radius 3 is 2.20 bits per heavy atom. The highest BCUT2D eigenvalue weighted by atomic mass is 19.1. The maximum atomic E-state index is 13.7. The quantitative estimate of drug-likeness (QED) is 0.881. The first kappa shape index (κ1) is 14.2. The number of hydrogen-bond acceptors (Lipinski definition) is 2. The zero-order valence-electron chi connectivity index (χ0n) is 10.8. The SMILES string of the molecule is O=C(O)C(Cc1ccc(CO)cc1)c1ccccc1F. The summed E-state index contributed by atoms with van der Waals surface area (Å²) in [5.74, 6) is -2.48. The zero-order chi connectivity index (χ0) is 14.5. The van der Waals surface area contributed by atoms with Crippen molar-refractivity contribution < 1.29 is 19.4 Å². The summed E-state index contributed by atoms with van der Waals surface area (Å²) in [5, 5.41) is 18.3. The van der Waals surface area contributed by atoms with Gasteiger partial charge in [0.15, 0.2) is 0 Å². The summed E-state index contributed by atoms with van der Waals surface area (Å²) in [6.07, 6.45) is 0.210. The van der Waals surface area contributed by atoms with Crippen LogP contribution in [0, 0.1) is 5.82 Å². The molecule has 2 aromatic carbocycles. The third-order valence-electron chi connectivity index (χ3n) is 3.22. The van der Waals surface area contributed by atoms with Gasteiger partial charge in [-0.05, 0) is 23.6 Å². The molecule has 20 heavy (non-hydrogen) atoms. The van der Waals surface area contributed by atoms with E-state index < -0.39 is 17.7 Å². The molecule has 0 amide bonds. The number of halogens is 1. The fraction of sp³-hybridized carbons (Fsp3) is 0.188. The van der Waals surface area contributed by atoms with Crippen molar-refractivity contribution in [2.24, 2.45) is 0 Å². The molecule has 0 aromatic heterocycles. The average Bonchev–Trinajstić information content (AvgIpc) is 2.46. The second kappa shape index (κ2) is 6.30. The summed E-state index contributed by atoms with van der Waals surface area (Å²) in [6, 6.07) is 12.9. The predicted octanol–water partition coefficient (Wildman–Crippen LogP) is 2.73. The second-order valence-electron chi connectivity index (χ2n) is 4.59. The van der Waals surface area contributed by atoms with Crippen LogP contribution in [0.2, 0.25) is 0 Å². The van der Waals surface area contributed by atoms with Crippen molar-refractivity contribution in [3.8, 4) is 0 Å². The average molecular weight is 274 g/mol. The number of aliphatic hydroxyl groups is 1. The molecule has 4 heteroatoms. The summed E-state index contributed by atoms with van der Waals surface area (Å²) in [7, 11) is 0. The van der Waals surface area contributed by atoms with E-state index in [0.717, 1.165) is 11.1 Å². The monoisotopic (exact) mass is 274 g/mol. The fourth-order valence-corrected chi connectivity index (χ4v) is 2.10. The number of carboxylic acids is 1. The molecule has 0 saturated heterocycles. The molecule has 2 aromatic rings. The molecular weight excluding hydrogens is 259 g/mol. The predicted molar refractivity (Wildman–Crippen MR) is 72.8 cm³/mol. The van der Waals surface area contributed by atoms with Crippen molar-refractivity contribution >= 4 is 5.97 Å². The van der Waals surface area contributed by atoms with Gasteiger partial charge in [0.1, 0.15) is 5.82 Å². The van der Waals surface area contributed by atoms with Gasteiger partial charge in [-0.15, -0.1) is 0 Å². The van der Waals surface area contributed by atoms with Crippen molar-refractivity contribution in [1.29, 1.82) is 0 Å². The fourth-order valence-electron chi connectivity index (χ4n) is 2.10. The third-order valence-corrected chi connectivity index (χ3v) is 3.22. The lowest BCUT2D eigenvalue weighted by atomic mass is 9.91. The normalized spacial score (nSPS) is 12.1. The van der Waals surface area contributed by atoms with Gasteiger partial charge in [-0.3, -0.25) is 4.79 Å². The van der Waals surface area contributed by atoms with E-state index in [9.17, 15) is 14.3 Å². The van der Waals surface area contributed by atoms with E-state index >= 15 is 0 Å². The number of benzene rings is 2. The number of rotatable bonds is 5. The molecule has 0 aliphatic rings. The maximum absolute atomic E-state index is 13.7. The third kappa shape index (κ3) is 3.22. The smallest absolute Gasteiger partial charge is 0.311 e. The van der Waals surface area contributed by atoms with E-state index in [1.54, 1.807) is 30.3 Å². The molecule has 0 bridgehead atoms. The highest BCUT2D eigenvalue weighted by molar-refractivity contribution is 5.76. The van der Waals surface area contributed by atoms with Gasteiger partial charge in [0, 0.05) is 5.56 Å². The lowest BCUT2D eigenvalue weighted by Gasteiger charge is -2.14. The largest absolute Gasteiger partial charge is 0.481 e. The molecule has 1 atom stereocenters. The highest BCUT2D eigenvalue weighted by Crippen LogP contribution is 2.24. The van der Waals surface area contributed by atoms with E-state index in [2.05, 4.69) is 0 Å². The molecule has 2 N–H and O–H groups in total. The Labute approximate surface area is 116 Å². The molecule has 104 valence electrons. The van der Waals surface area contributed by atoms with Crippen LogP contribution in [-0.2, 0) is 17.8 Å². The number of carbonyl (C=O) groups is 1. The van der Waals surface area contributed by atoms with Crippen molar-refractivity contribution in [1.82, 2.24) is 0 Å². The second-order valence-corrected chi connectivity index (χ2v) is 4.59. The Hall–Kier alpha value is -2.20. The summed E-state index contributed by atoms with van der Waals surface area (Å²) in [6.45, 7) is -0.0596. The first-order valence-electron chi connectivity index (χ1n) is 6.27. The van der Waals surface area contributed by atoms with Crippen LogP contribution in [0.5, 0.6) is 0 Å². The zero-order valence-corrected chi connectivity index (χ0v) is 10.8. The van der Waals surface area contributed by atoms with Crippen LogP contribution in [0.4, 0.5) is 4.39 Å². The van der Waals surface area contributed by atoms with Crippen molar-refractivity contribution in [2.75, 3.05) is 0 Å². The molecule has 0 heterocycles. The topological polar surface area (TPSA) is 57.5 Å². The number of carboxylic acid groups (broad SMARTS) is 1. The van der Waals surface area contributed by atoms with Crippen LogP contribution in [0.25, 0.3) is 0 Å². The number of aliphatic carboxylic acids is 1. The van der Waals surface area contributed by atoms with E-state index in [-0.39, 0.29) is 18.6 Å². The van der Waals surface area contributed by atoms with Gasteiger partial charge in [-0.25, -0.2) is 4.39 Å². The molecule has 0 radical (unpaired) electrons. The molecular formula is C16H15FO3. The summed E-state index contributed by atoms with van der Waals surface area (Å²) < 4.78 is 13.7. The standard InChI is InChI=1S/C16H15FO3/c17-15-4-2-1-3-13(15)14(16(19)20)9-11-5-7-12(10-18)8-6-11/h1-8,14,18H,9-10H2,(H,19,20). The summed E-state index contributed by atoms with van der Waals surface area (Å²) in [5.41, 5.74) is 1.73. The lowest BCUT2D eigenvalue weighted by Crippen LogP contribution is -2.16. The van der Waals surface area contributed by atoms with Crippen LogP contribution in [0.15, 0.2) is 48.5 Å². The van der Waals surface area contributed by atoms with Gasteiger partial charge in [0.25, 0.3) is 0 Å². The van der Waals surface area contributed by atoms with Gasteiger partial charge in [0.2, 0.25) is 0 Å². The number of hydrogen-bond donors (Lipinski definition) is 2. The summed E-state index contributed by atoms with van der Waals surface area (Å²) >= 11 is 0. The van der Waals surface area contributed by atoms with Crippen molar-refractivity contribution in [2.45, 2.75) is 18.9 Å². The highest BCUT2D eigenvalue weighted by Gasteiger charge is 2.23. The van der Waals surface area contributed by atoms with Crippen molar-refractivity contribution in [3.63, 3.8) is 0 Å². The number of aliphatic hydroxyl groups excluding tert-OH is 1. The molecule has 1 unspecified atom stereocenters. The van der Waals surface area contributed by atoms with Gasteiger partial charge in [-0.1, -0.05) is 42.5 Å². The maximum Gasteiger partial charge on any atom is 0.311 e. The molecule has 0 fully saturated rings. The first-order chi connectivity index (χ1) is 9.61. The molecule has 0 spiro atoms. The van der Waals surface area contributed by atoms with Crippen molar-refractivity contribution in [3.05, 3.63) is 71.0 Å². The van der Waals surface area contributed by atoms with Crippen LogP contribution in [-0.4, -0.2) is 16.2 Å². The van der Waals surface area contributed by atoms with E-state index in [1.165, 1.54) is 18.2 Å². The van der Waals surface area contributed by atoms with E-state index in [4.69, 9.17) is 5.11 Å². The van der Waals surface area contributed by atoms with Crippen LogP contribution >= 0.6 is 0 Å². The Kier molecular flexibility index (Phi) is 4.48. The summed E-state index contributed by atoms with van der Waals surface area (Å²) in [4.78, 5) is 11.4. The van der Waals surface area contributed by atoms with Crippen LogP contribution < -0.4 is 0 Å². The lowest BCUT2D eigenvalue weighted by molar-refractivity contribution is -0.138. The molecule has 3 nitrogen and oxygen atoms in total. The van der Waals surface area contributed by atoms with Gasteiger partial charge < -0.3 is 10.2 Å². The van der Waals surface area contributed by atoms with Crippen LogP contribution in [0.1, 0.15) is 22.6 Å². The molecule has 0 aliphatic carbocycles. The Bertz CT molecular complexity index is 593. The van der Waals surface area contributed by atoms with Crippen LogP contribution in [0.3, 0.4) is 0 Å². The first-order valence-corrected chi connectivity index (χ1v) is 6.27. The minimum Gasteiger partial charge on any atom is -0.481 e. The van der Waals surface area contributed by atoms with E-state index in [1.807, 2.05) is 0 Å². The Morgan fingerprint density at radius 2 is 1.65 bits per heavy atom.